The van der Waals surface area contributed by atoms with Gasteiger partial charge in [0.2, 0.25) is 0 Å². The summed E-state index contributed by atoms with van der Waals surface area (Å²) in [4.78, 5) is 35.1. The van der Waals surface area contributed by atoms with E-state index in [0.717, 1.165) is 0 Å². The predicted octanol–water partition coefficient (Wildman–Crippen LogP) is 2.61. The summed E-state index contributed by atoms with van der Waals surface area (Å²) >= 11 is 0. The number of fused-ring (bicyclic) bond motifs is 5. The van der Waals surface area contributed by atoms with E-state index in [2.05, 4.69) is 0 Å². The smallest absolute Gasteiger partial charge is 0.335 e. The second-order valence-electron chi connectivity index (χ2n) is 5.83. The molecule has 0 aliphatic heterocycles. The summed E-state index contributed by atoms with van der Waals surface area (Å²) in [6.45, 7) is 0. The molecule has 0 amide bonds. The molecule has 1 heterocycles. The molecule has 2 N–H and O–H groups in total. The van der Waals surface area contributed by atoms with Crippen LogP contribution in [-0.2, 0) is 4.79 Å². The Morgan fingerprint density at radius 3 is 2.65 bits per heavy atom. The van der Waals surface area contributed by atoms with E-state index < -0.39 is 11.9 Å². The molecule has 0 saturated carbocycles. The monoisotopic (exact) mass is 312 g/mol. The van der Waals surface area contributed by atoms with E-state index in [-0.39, 0.29) is 27.9 Å². The Bertz CT molecular complexity index is 978. The molecule has 2 aliphatic rings. The average Bonchev–Trinajstić information content (AvgIpc) is 2.51. The first kappa shape index (κ1) is 13.8. The van der Waals surface area contributed by atoms with Gasteiger partial charge in [-0.3, -0.25) is 4.79 Å². The number of carboxylic acids is 2. The normalized spacial score (nSPS) is 19.0. The molecule has 2 aliphatic carbocycles. The largest absolute Gasteiger partial charge is 0.478 e. The molecule has 116 valence electrons. The summed E-state index contributed by atoms with van der Waals surface area (Å²) in [7, 11) is 0. The van der Waals surface area contributed by atoms with E-state index in [0.29, 0.717) is 41.7 Å². The van der Waals surface area contributed by atoms with Gasteiger partial charge in [0, 0.05) is 17.1 Å². The molecular weight excluding hydrogens is 300 g/mol. The molecule has 1 unspecified atom stereocenters. The van der Waals surface area contributed by atoms with Crippen molar-refractivity contribution in [2.75, 3.05) is 0 Å². The van der Waals surface area contributed by atoms with Gasteiger partial charge in [0.15, 0.2) is 5.43 Å². The molecule has 4 rings (SSSR count). The molecule has 0 spiro atoms. The first-order chi connectivity index (χ1) is 11.0. The van der Waals surface area contributed by atoms with Crippen LogP contribution in [-0.4, -0.2) is 22.2 Å². The van der Waals surface area contributed by atoms with Crippen LogP contribution in [0.25, 0.3) is 16.5 Å². The fraction of sp³-hybridized carbons (Fsp3) is 0.235. The maximum atomic E-state index is 12.7. The Hall–Kier alpha value is -2.89. The lowest BCUT2D eigenvalue weighted by atomic mass is 9.68. The van der Waals surface area contributed by atoms with Gasteiger partial charge in [-0.15, -0.1) is 0 Å². The van der Waals surface area contributed by atoms with Crippen molar-refractivity contribution in [1.82, 2.24) is 0 Å². The highest BCUT2D eigenvalue weighted by atomic mass is 16.4. The molecule has 6 nitrogen and oxygen atoms in total. The third kappa shape index (κ3) is 1.78. The molecule has 2 aromatic rings. The zero-order valence-electron chi connectivity index (χ0n) is 12.0. The lowest BCUT2D eigenvalue weighted by Gasteiger charge is -2.36. The SMILES string of the molecule is O=C(O)C1=C2c3oc4ccc(C(=O)O)cc4c(=O)c3C2CCC1. The lowest BCUT2D eigenvalue weighted by Crippen LogP contribution is -2.30. The standard InChI is InChI=1S/C17H12O6/c18-14-10-6-7(16(19)20)4-5-11(10)23-15-12-8(13(14)15)2-1-3-9(12)17(21)22/h4-6,8H,1-3H2,(H,19,20)(H,21,22). The molecule has 0 fully saturated rings. The molecule has 1 atom stereocenters. The number of rotatable bonds is 2. The molecule has 1 aromatic heterocycles. The van der Waals surface area contributed by atoms with E-state index in [1.165, 1.54) is 18.2 Å². The fourth-order valence-corrected chi connectivity index (χ4v) is 3.56. The summed E-state index contributed by atoms with van der Waals surface area (Å²) < 4.78 is 5.73. The van der Waals surface area contributed by atoms with Gasteiger partial charge in [0.1, 0.15) is 11.3 Å². The third-order valence-electron chi connectivity index (χ3n) is 4.62. The van der Waals surface area contributed by atoms with Gasteiger partial charge in [-0.2, -0.15) is 0 Å². The number of hydrogen-bond acceptors (Lipinski definition) is 4. The number of carboxylic acid groups (broad SMARTS) is 2. The van der Waals surface area contributed by atoms with Crippen LogP contribution in [0.4, 0.5) is 0 Å². The molecule has 0 saturated heterocycles. The number of aromatic carboxylic acids is 1. The lowest BCUT2D eigenvalue weighted by molar-refractivity contribution is -0.132. The van der Waals surface area contributed by atoms with E-state index >= 15 is 0 Å². The van der Waals surface area contributed by atoms with Crippen molar-refractivity contribution in [1.29, 1.82) is 0 Å². The number of allylic oxidation sites excluding steroid dienone is 1. The number of carbonyl (C=O) groups is 2. The van der Waals surface area contributed by atoms with Gasteiger partial charge in [-0.25, -0.2) is 9.59 Å². The van der Waals surface area contributed by atoms with E-state index in [4.69, 9.17) is 9.52 Å². The quantitative estimate of drug-likeness (QED) is 0.883. The van der Waals surface area contributed by atoms with Crippen LogP contribution in [0.2, 0.25) is 0 Å². The number of benzene rings is 1. The van der Waals surface area contributed by atoms with Crippen LogP contribution in [0.15, 0.2) is 33.0 Å². The van der Waals surface area contributed by atoms with Crippen molar-refractivity contribution < 1.29 is 24.2 Å². The Labute approximate surface area is 129 Å². The average molecular weight is 312 g/mol. The molecule has 0 radical (unpaired) electrons. The van der Waals surface area contributed by atoms with Crippen LogP contribution in [0.5, 0.6) is 0 Å². The number of aliphatic carboxylic acids is 1. The van der Waals surface area contributed by atoms with Crippen molar-refractivity contribution in [3.63, 3.8) is 0 Å². The fourth-order valence-electron chi connectivity index (χ4n) is 3.56. The minimum absolute atomic E-state index is 0.0229. The Balaban J connectivity index is 2.01. The maximum absolute atomic E-state index is 12.7. The second-order valence-corrected chi connectivity index (χ2v) is 5.83. The summed E-state index contributed by atoms with van der Waals surface area (Å²) in [6, 6.07) is 4.12. The van der Waals surface area contributed by atoms with Gasteiger partial charge in [-0.1, -0.05) is 0 Å². The van der Waals surface area contributed by atoms with Crippen LogP contribution in [0.1, 0.15) is 46.9 Å². The second kappa shape index (κ2) is 4.55. The third-order valence-corrected chi connectivity index (χ3v) is 4.62. The van der Waals surface area contributed by atoms with E-state index in [1.54, 1.807) is 0 Å². The highest BCUT2D eigenvalue weighted by molar-refractivity contribution is 6.02. The minimum Gasteiger partial charge on any atom is -0.478 e. The van der Waals surface area contributed by atoms with Crippen LogP contribution < -0.4 is 5.43 Å². The minimum atomic E-state index is -1.11. The van der Waals surface area contributed by atoms with Crippen molar-refractivity contribution in [3.8, 4) is 0 Å². The van der Waals surface area contributed by atoms with Crippen molar-refractivity contribution in [3.05, 3.63) is 50.9 Å². The van der Waals surface area contributed by atoms with E-state index in [9.17, 15) is 19.5 Å². The molecule has 0 bridgehead atoms. The molecule has 1 aromatic carbocycles. The van der Waals surface area contributed by atoms with Gasteiger partial charge in [-0.05, 0) is 37.5 Å². The topological polar surface area (TPSA) is 105 Å². The first-order valence-corrected chi connectivity index (χ1v) is 7.30. The molecular formula is C17H12O6. The highest BCUT2D eigenvalue weighted by Crippen LogP contribution is 2.52. The Morgan fingerprint density at radius 1 is 1.17 bits per heavy atom. The van der Waals surface area contributed by atoms with Gasteiger partial charge < -0.3 is 14.6 Å². The summed E-state index contributed by atoms with van der Waals surface area (Å²) in [5.41, 5.74) is 1.46. The summed E-state index contributed by atoms with van der Waals surface area (Å²) in [5, 5.41) is 18.6. The van der Waals surface area contributed by atoms with E-state index in [1.807, 2.05) is 0 Å². The molecule has 23 heavy (non-hydrogen) atoms. The van der Waals surface area contributed by atoms with Crippen LogP contribution in [0.3, 0.4) is 0 Å². The van der Waals surface area contributed by atoms with Crippen LogP contribution in [0, 0.1) is 0 Å². The summed E-state index contributed by atoms with van der Waals surface area (Å²) in [6.07, 6.45) is 1.90. The Kier molecular flexibility index (Phi) is 2.72. The molecule has 6 heteroatoms. The summed E-state index contributed by atoms with van der Waals surface area (Å²) in [5.74, 6) is -1.94. The highest BCUT2D eigenvalue weighted by Gasteiger charge is 2.43. The predicted molar refractivity (Wildman–Crippen MR) is 80.6 cm³/mol. The van der Waals surface area contributed by atoms with Crippen LogP contribution >= 0.6 is 0 Å². The van der Waals surface area contributed by atoms with Gasteiger partial charge in [0.05, 0.1) is 16.5 Å². The van der Waals surface area contributed by atoms with Gasteiger partial charge >= 0.3 is 11.9 Å². The Morgan fingerprint density at radius 2 is 1.96 bits per heavy atom. The number of hydrogen-bond donors (Lipinski definition) is 2. The zero-order valence-corrected chi connectivity index (χ0v) is 12.0. The first-order valence-electron chi connectivity index (χ1n) is 7.30. The maximum Gasteiger partial charge on any atom is 0.335 e. The van der Waals surface area contributed by atoms with Gasteiger partial charge in [0.25, 0.3) is 0 Å². The van der Waals surface area contributed by atoms with Crippen molar-refractivity contribution >= 4 is 28.5 Å². The van der Waals surface area contributed by atoms with Crippen molar-refractivity contribution in [2.45, 2.75) is 25.2 Å². The zero-order chi connectivity index (χ0) is 16.3. The van der Waals surface area contributed by atoms with Crippen molar-refractivity contribution in [2.24, 2.45) is 0 Å².